The maximum atomic E-state index is 12.4. The van der Waals surface area contributed by atoms with Gasteiger partial charge < -0.3 is 19.2 Å². The number of hydrogen-bond acceptors (Lipinski definition) is 4. The van der Waals surface area contributed by atoms with E-state index in [4.69, 9.17) is 4.74 Å². The summed E-state index contributed by atoms with van der Waals surface area (Å²) in [6, 6.07) is 11.8. The number of ether oxygens (including phenoxy) is 1. The van der Waals surface area contributed by atoms with Gasteiger partial charge in [0.25, 0.3) is 5.91 Å². The number of nitrogens with zero attached hydrogens (tertiary/aromatic N) is 4. The molecule has 0 aliphatic carbocycles. The monoisotopic (exact) mass is 403 g/mol. The van der Waals surface area contributed by atoms with Gasteiger partial charge >= 0.3 is 0 Å². The quantitative estimate of drug-likeness (QED) is 0.355. The van der Waals surface area contributed by atoms with Crippen LogP contribution in [0.2, 0.25) is 0 Å². The molecule has 0 saturated carbocycles. The summed E-state index contributed by atoms with van der Waals surface area (Å²) >= 11 is 0. The summed E-state index contributed by atoms with van der Waals surface area (Å²) in [5, 5.41) is 12.3. The van der Waals surface area contributed by atoms with Crippen molar-refractivity contribution in [3.63, 3.8) is 0 Å². The molecule has 0 saturated heterocycles. The zero-order valence-corrected chi connectivity index (χ0v) is 17.4. The molecule has 0 radical (unpaired) electrons. The number of nitrogens with one attached hydrogen (secondary N) is 1. The predicted molar refractivity (Wildman–Crippen MR) is 115 cm³/mol. The normalized spacial score (nSPS) is 11.2. The summed E-state index contributed by atoms with van der Waals surface area (Å²) < 4.78 is 9.25. The summed E-state index contributed by atoms with van der Waals surface area (Å²) in [6.45, 7) is 5.22. The molecule has 1 amide bonds. The lowest BCUT2D eigenvalue weighted by Gasteiger charge is -2.10. The second-order valence-corrected chi connectivity index (χ2v) is 6.94. The molecule has 30 heavy (non-hydrogen) atoms. The standard InChI is InChI=1S/C23H25N5O2/c1-17-13-19(18(2)28(17)21-5-7-22(30-3)8-6-21)14-20(15-24)23(29)26-9-4-11-27-12-10-25-16-27/h5-8,10,12-14,16H,4,9,11H2,1-3H3,(H,26,29)/b20-14-. The van der Waals surface area contributed by atoms with Crippen molar-refractivity contribution in [2.75, 3.05) is 13.7 Å². The van der Waals surface area contributed by atoms with Gasteiger partial charge in [-0.25, -0.2) is 4.98 Å². The molecule has 0 spiro atoms. The van der Waals surface area contributed by atoms with Gasteiger partial charge in [-0.05, 0) is 62.2 Å². The number of carbonyl (C=O) groups is 1. The Morgan fingerprint density at radius 3 is 2.70 bits per heavy atom. The van der Waals surface area contributed by atoms with Crippen molar-refractivity contribution in [2.24, 2.45) is 0 Å². The van der Waals surface area contributed by atoms with Crippen molar-refractivity contribution < 1.29 is 9.53 Å². The Bertz CT molecular complexity index is 1070. The van der Waals surface area contributed by atoms with Crippen molar-refractivity contribution in [1.82, 2.24) is 19.4 Å². The number of hydrogen-bond donors (Lipinski definition) is 1. The second kappa shape index (κ2) is 9.61. The van der Waals surface area contributed by atoms with E-state index in [1.54, 1.807) is 25.7 Å². The van der Waals surface area contributed by atoms with Crippen molar-refractivity contribution in [3.05, 3.63) is 71.6 Å². The van der Waals surface area contributed by atoms with E-state index < -0.39 is 0 Å². The van der Waals surface area contributed by atoms with E-state index in [0.717, 1.165) is 41.4 Å². The van der Waals surface area contributed by atoms with E-state index in [1.807, 2.05) is 61.0 Å². The first-order valence-corrected chi connectivity index (χ1v) is 9.72. The van der Waals surface area contributed by atoms with E-state index in [9.17, 15) is 10.1 Å². The van der Waals surface area contributed by atoms with Crippen molar-refractivity contribution in [1.29, 1.82) is 5.26 Å². The maximum absolute atomic E-state index is 12.4. The van der Waals surface area contributed by atoms with Crippen molar-refractivity contribution in [2.45, 2.75) is 26.8 Å². The molecule has 1 aromatic carbocycles. The highest BCUT2D eigenvalue weighted by atomic mass is 16.5. The molecule has 0 aliphatic heterocycles. The summed E-state index contributed by atoms with van der Waals surface area (Å²) in [6.07, 6.45) is 7.74. The van der Waals surface area contributed by atoms with Gasteiger partial charge in [-0.15, -0.1) is 0 Å². The second-order valence-electron chi connectivity index (χ2n) is 6.94. The van der Waals surface area contributed by atoms with Crippen molar-refractivity contribution in [3.8, 4) is 17.5 Å². The van der Waals surface area contributed by atoms with Crippen LogP contribution in [0.1, 0.15) is 23.4 Å². The molecule has 3 rings (SSSR count). The molecule has 7 nitrogen and oxygen atoms in total. The van der Waals surface area contributed by atoms with E-state index >= 15 is 0 Å². The lowest BCUT2D eigenvalue weighted by atomic mass is 10.1. The number of benzene rings is 1. The van der Waals surface area contributed by atoms with E-state index in [2.05, 4.69) is 14.9 Å². The van der Waals surface area contributed by atoms with Gasteiger partial charge in [-0.2, -0.15) is 5.26 Å². The van der Waals surface area contributed by atoms with Gasteiger partial charge in [0.05, 0.1) is 13.4 Å². The molecule has 2 aromatic heterocycles. The van der Waals surface area contributed by atoms with Gasteiger partial charge in [0.1, 0.15) is 17.4 Å². The van der Waals surface area contributed by atoms with Gasteiger partial charge in [-0.1, -0.05) is 0 Å². The molecule has 3 aromatic rings. The summed E-state index contributed by atoms with van der Waals surface area (Å²) in [7, 11) is 1.64. The average Bonchev–Trinajstić information content (AvgIpc) is 3.37. The fraction of sp³-hybridized carbons (Fsp3) is 0.261. The van der Waals surface area contributed by atoms with Crippen LogP contribution in [0.5, 0.6) is 5.75 Å². The van der Waals surface area contributed by atoms with Gasteiger partial charge in [0.2, 0.25) is 0 Å². The summed E-state index contributed by atoms with van der Waals surface area (Å²) in [5.74, 6) is 0.426. The van der Waals surface area contributed by atoms with Crippen molar-refractivity contribution >= 4 is 12.0 Å². The number of imidazole rings is 1. The first kappa shape index (κ1) is 20.9. The third kappa shape index (κ3) is 4.78. The van der Waals surface area contributed by atoms with Crippen LogP contribution in [0.4, 0.5) is 0 Å². The number of aryl methyl sites for hydroxylation is 2. The fourth-order valence-corrected chi connectivity index (χ4v) is 3.34. The van der Waals surface area contributed by atoms with Crippen LogP contribution < -0.4 is 10.1 Å². The first-order valence-electron chi connectivity index (χ1n) is 9.72. The number of nitriles is 1. The Labute approximate surface area is 176 Å². The molecule has 154 valence electrons. The largest absolute Gasteiger partial charge is 0.497 e. The molecule has 0 atom stereocenters. The molecule has 0 bridgehead atoms. The third-order valence-corrected chi connectivity index (χ3v) is 4.90. The van der Waals surface area contributed by atoms with Gasteiger partial charge in [0, 0.05) is 42.6 Å². The minimum Gasteiger partial charge on any atom is -0.497 e. The lowest BCUT2D eigenvalue weighted by molar-refractivity contribution is -0.117. The number of aromatic nitrogens is 3. The highest BCUT2D eigenvalue weighted by Gasteiger charge is 2.13. The molecular weight excluding hydrogens is 378 g/mol. The predicted octanol–water partition coefficient (Wildman–Crippen LogP) is 3.41. The Morgan fingerprint density at radius 1 is 1.30 bits per heavy atom. The summed E-state index contributed by atoms with van der Waals surface area (Å²) in [5.41, 5.74) is 3.90. The molecule has 0 aliphatic rings. The maximum Gasteiger partial charge on any atom is 0.261 e. The molecule has 2 heterocycles. The molecule has 1 N–H and O–H groups in total. The molecule has 0 fully saturated rings. The highest BCUT2D eigenvalue weighted by molar-refractivity contribution is 6.01. The Kier molecular flexibility index (Phi) is 6.71. The average molecular weight is 403 g/mol. The van der Waals surface area contributed by atoms with Crippen LogP contribution in [0.25, 0.3) is 11.8 Å². The number of amides is 1. The molecule has 0 unspecified atom stereocenters. The number of carbonyl (C=O) groups excluding carboxylic acids is 1. The van der Waals surface area contributed by atoms with Crippen LogP contribution in [0.3, 0.4) is 0 Å². The molecular formula is C23H25N5O2. The minimum absolute atomic E-state index is 0.0904. The third-order valence-electron chi connectivity index (χ3n) is 4.90. The van der Waals surface area contributed by atoms with Crippen LogP contribution in [0.15, 0.2) is 54.6 Å². The SMILES string of the molecule is COc1ccc(-n2c(C)cc(/C=C(/C#N)C(=O)NCCCn3ccnc3)c2C)cc1. The van der Waals surface area contributed by atoms with Crippen LogP contribution >= 0.6 is 0 Å². The zero-order valence-electron chi connectivity index (χ0n) is 17.4. The van der Waals surface area contributed by atoms with Crippen LogP contribution in [0, 0.1) is 25.2 Å². The van der Waals surface area contributed by atoms with Crippen LogP contribution in [-0.2, 0) is 11.3 Å². The number of rotatable bonds is 8. The highest BCUT2D eigenvalue weighted by Crippen LogP contribution is 2.24. The summed E-state index contributed by atoms with van der Waals surface area (Å²) in [4.78, 5) is 16.4. The van der Waals surface area contributed by atoms with Gasteiger partial charge in [0.15, 0.2) is 0 Å². The Balaban J connectivity index is 1.71. The Morgan fingerprint density at radius 2 is 2.07 bits per heavy atom. The van der Waals surface area contributed by atoms with Gasteiger partial charge in [-0.3, -0.25) is 4.79 Å². The molecule has 7 heteroatoms. The fourth-order valence-electron chi connectivity index (χ4n) is 3.34. The topological polar surface area (TPSA) is 84.9 Å². The lowest BCUT2D eigenvalue weighted by Crippen LogP contribution is -2.26. The number of methoxy groups -OCH3 is 1. The smallest absolute Gasteiger partial charge is 0.261 e. The van der Waals surface area contributed by atoms with E-state index in [-0.39, 0.29) is 11.5 Å². The zero-order chi connectivity index (χ0) is 21.5. The van der Waals surface area contributed by atoms with E-state index in [1.165, 1.54) is 0 Å². The minimum atomic E-state index is -0.364. The van der Waals surface area contributed by atoms with E-state index in [0.29, 0.717) is 6.54 Å². The van der Waals surface area contributed by atoms with Crippen LogP contribution in [-0.4, -0.2) is 33.7 Å². The Hall–Kier alpha value is -3.79. The first-order chi connectivity index (χ1) is 14.5.